The summed E-state index contributed by atoms with van der Waals surface area (Å²) in [6, 6.07) is 10.6. The number of hydrogen-bond acceptors (Lipinski definition) is 3. The Kier molecular flexibility index (Phi) is 5.49. The van der Waals surface area contributed by atoms with E-state index < -0.39 is 10.0 Å². The summed E-state index contributed by atoms with van der Waals surface area (Å²) in [5.74, 6) is 0.314. The number of hydrogen-bond donors (Lipinski definition) is 1. The van der Waals surface area contributed by atoms with E-state index in [0.717, 1.165) is 16.7 Å². The van der Waals surface area contributed by atoms with E-state index in [1.165, 1.54) is 13.2 Å². The van der Waals surface area contributed by atoms with E-state index >= 15 is 0 Å². The molecule has 0 heterocycles. The summed E-state index contributed by atoms with van der Waals surface area (Å²) in [6.07, 6.45) is 0. The van der Waals surface area contributed by atoms with Gasteiger partial charge in [0.15, 0.2) is 0 Å². The Morgan fingerprint density at radius 3 is 2.48 bits per heavy atom. The fourth-order valence-electron chi connectivity index (χ4n) is 2.45. The summed E-state index contributed by atoms with van der Waals surface area (Å²) in [4.78, 5) is 0.117. The Morgan fingerprint density at radius 2 is 1.83 bits per heavy atom. The van der Waals surface area contributed by atoms with Crippen molar-refractivity contribution in [1.82, 2.24) is 4.72 Å². The van der Waals surface area contributed by atoms with Crippen LogP contribution in [0, 0.1) is 13.8 Å². The highest BCUT2D eigenvalue weighted by Crippen LogP contribution is 2.29. The van der Waals surface area contributed by atoms with Gasteiger partial charge in [-0.25, -0.2) is 13.1 Å². The first-order valence-corrected chi connectivity index (χ1v) is 9.45. The smallest absolute Gasteiger partial charge is 0.244 e. The lowest BCUT2D eigenvalue weighted by Gasteiger charge is -2.18. The molecular formula is C17H20BrNO3S. The van der Waals surface area contributed by atoms with Crippen molar-refractivity contribution in [2.45, 2.75) is 31.7 Å². The van der Waals surface area contributed by atoms with E-state index in [4.69, 9.17) is 4.74 Å². The molecule has 4 nitrogen and oxygen atoms in total. The van der Waals surface area contributed by atoms with Crippen molar-refractivity contribution < 1.29 is 13.2 Å². The average molecular weight is 398 g/mol. The standard InChI is InChI=1S/C17H20BrNO3S/c1-11-5-6-12(2)15(9-11)13(3)19-23(20,21)17-10-14(18)7-8-16(17)22-4/h5-10,13,19H,1-4H3/t13-/m0/s1. The summed E-state index contributed by atoms with van der Waals surface area (Å²) >= 11 is 3.30. The van der Waals surface area contributed by atoms with Crippen molar-refractivity contribution in [2.75, 3.05) is 7.11 Å². The number of sulfonamides is 1. The predicted molar refractivity (Wildman–Crippen MR) is 95.3 cm³/mol. The van der Waals surface area contributed by atoms with E-state index in [1.807, 2.05) is 39.0 Å². The zero-order valence-electron chi connectivity index (χ0n) is 13.6. The van der Waals surface area contributed by atoms with Crippen LogP contribution in [-0.2, 0) is 10.0 Å². The van der Waals surface area contributed by atoms with Gasteiger partial charge in [0, 0.05) is 10.5 Å². The Bertz CT molecular complexity index is 819. The first kappa shape index (κ1) is 18.0. The molecule has 0 unspecified atom stereocenters. The van der Waals surface area contributed by atoms with Gasteiger partial charge in [-0.3, -0.25) is 0 Å². The van der Waals surface area contributed by atoms with E-state index in [0.29, 0.717) is 10.2 Å². The molecular weight excluding hydrogens is 378 g/mol. The number of nitrogens with one attached hydrogen (secondary N) is 1. The minimum Gasteiger partial charge on any atom is -0.495 e. The summed E-state index contributed by atoms with van der Waals surface area (Å²) in [6.45, 7) is 5.80. The lowest BCUT2D eigenvalue weighted by molar-refractivity contribution is 0.402. The highest BCUT2D eigenvalue weighted by Gasteiger charge is 2.23. The van der Waals surface area contributed by atoms with Crippen LogP contribution in [-0.4, -0.2) is 15.5 Å². The van der Waals surface area contributed by atoms with Crippen molar-refractivity contribution in [1.29, 1.82) is 0 Å². The number of methoxy groups -OCH3 is 1. The highest BCUT2D eigenvalue weighted by molar-refractivity contribution is 9.10. The van der Waals surface area contributed by atoms with E-state index in [1.54, 1.807) is 12.1 Å². The van der Waals surface area contributed by atoms with Crippen LogP contribution in [0.5, 0.6) is 5.75 Å². The van der Waals surface area contributed by atoms with Gasteiger partial charge in [-0.2, -0.15) is 0 Å². The molecule has 0 aromatic heterocycles. The maximum absolute atomic E-state index is 12.7. The molecule has 0 amide bonds. The van der Waals surface area contributed by atoms with Crippen molar-refractivity contribution in [2.24, 2.45) is 0 Å². The Hall–Kier alpha value is -1.37. The van der Waals surface area contributed by atoms with Gasteiger partial charge >= 0.3 is 0 Å². The predicted octanol–water partition coefficient (Wildman–Crippen LogP) is 4.11. The lowest BCUT2D eigenvalue weighted by atomic mass is 10.0. The van der Waals surface area contributed by atoms with E-state index in [-0.39, 0.29) is 10.9 Å². The van der Waals surface area contributed by atoms with Gasteiger partial charge in [0.25, 0.3) is 0 Å². The largest absolute Gasteiger partial charge is 0.495 e. The molecule has 0 fully saturated rings. The van der Waals surface area contributed by atoms with Gasteiger partial charge in [0.1, 0.15) is 10.6 Å². The second-order valence-electron chi connectivity index (χ2n) is 5.50. The maximum Gasteiger partial charge on any atom is 0.244 e. The van der Waals surface area contributed by atoms with Gasteiger partial charge in [0.2, 0.25) is 10.0 Å². The van der Waals surface area contributed by atoms with Crippen LogP contribution < -0.4 is 9.46 Å². The molecule has 0 bridgehead atoms. The molecule has 6 heteroatoms. The summed E-state index contributed by atoms with van der Waals surface area (Å²) in [5.41, 5.74) is 3.10. The van der Waals surface area contributed by atoms with Crippen LogP contribution in [0.25, 0.3) is 0 Å². The van der Waals surface area contributed by atoms with Crippen LogP contribution in [0.2, 0.25) is 0 Å². The van der Waals surface area contributed by atoms with Crippen LogP contribution in [0.15, 0.2) is 45.8 Å². The zero-order chi connectivity index (χ0) is 17.2. The summed E-state index contributed by atoms with van der Waals surface area (Å²) < 4.78 is 34.1. The van der Waals surface area contributed by atoms with Crippen molar-refractivity contribution >= 4 is 26.0 Å². The average Bonchev–Trinajstić information content (AvgIpc) is 2.49. The normalized spacial score (nSPS) is 12.9. The topological polar surface area (TPSA) is 55.4 Å². The minimum atomic E-state index is -3.71. The van der Waals surface area contributed by atoms with Gasteiger partial charge in [0.05, 0.1) is 7.11 Å². The molecule has 0 saturated heterocycles. The Balaban J connectivity index is 2.38. The molecule has 0 aliphatic carbocycles. The molecule has 0 aliphatic rings. The molecule has 1 N–H and O–H groups in total. The number of ether oxygens (including phenoxy) is 1. The van der Waals surface area contributed by atoms with Gasteiger partial charge in [-0.1, -0.05) is 39.7 Å². The second kappa shape index (κ2) is 7.03. The van der Waals surface area contributed by atoms with Crippen LogP contribution >= 0.6 is 15.9 Å². The number of aryl methyl sites for hydroxylation is 2. The minimum absolute atomic E-state index is 0.117. The van der Waals surface area contributed by atoms with Crippen molar-refractivity contribution in [3.05, 3.63) is 57.6 Å². The van der Waals surface area contributed by atoms with Gasteiger partial charge in [-0.05, 0) is 50.1 Å². The van der Waals surface area contributed by atoms with Crippen LogP contribution in [0.3, 0.4) is 0 Å². The maximum atomic E-state index is 12.7. The third-order valence-corrected chi connectivity index (χ3v) is 5.70. The Labute approximate surface area is 146 Å². The van der Waals surface area contributed by atoms with Crippen LogP contribution in [0.1, 0.15) is 29.7 Å². The zero-order valence-corrected chi connectivity index (χ0v) is 16.0. The number of benzene rings is 2. The van der Waals surface area contributed by atoms with E-state index in [9.17, 15) is 8.42 Å². The molecule has 0 spiro atoms. The fourth-order valence-corrected chi connectivity index (χ4v) is 4.38. The van der Waals surface area contributed by atoms with Crippen LogP contribution in [0.4, 0.5) is 0 Å². The first-order chi connectivity index (χ1) is 10.7. The highest BCUT2D eigenvalue weighted by atomic mass is 79.9. The molecule has 23 heavy (non-hydrogen) atoms. The van der Waals surface area contributed by atoms with Gasteiger partial charge in [-0.15, -0.1) is 0 Å². The Morgan fingerprint density at radius 1 is 1.13 bits per heavy atom. The molecule has 0 aliphatic heterocycles. The van der Waals surface area contributed by atoms with Crippen molar-refractivity contribution in [3.8, 4) is 5.75 Å². The molecule has 2 rings (SSSR count). The molecule has 124 valence electrons. The molecule has 2 aromatic carbocycles. The molecule has 1 atom stereocenters. The molecule has 0 saturated carbocycles. The van der Waals surface area contributed by atoms with E-state index in [2.05, 4.69) is 20.7 Å². The second-order valence-corrected chi connectivity index (χ2v) is 8.10. The quantitative estimate of drug-likeness (QED) is 0.825. The third-order valence-electron chi connectivity index (χ3n) is 3.65. The number of rotatable bonds is 5. The SMILES string of the molecule is COc1ccc(Br)cc1S(=O)(=O)N[C@@H](C)c1cc(C)ccc1C. The third kappa shape index (κ3) is 4.13. The van der Waals surface area contributed by atoms with Crippen molar-refractivity contribution in [3.63, 3.8) is 0 Å². The first-order valence-electron chi connectivity index (χ1n) is 7.17. The molecule has 0 radical (unpaired) electrons. The fraction of sp³-hybridized carbons (Fsp3) is 0.294. The molecule has 2 aromatic rings. The summed E-state index contributed by atoms with van der Waals surface area (Å²) in [7, 11) is -2.25. The lowest BCUT2D eigenvalue weighted by Crippen LogP contribution is -2.27. The van der Waals surface area contributed by atoms with Gasteiger partial charge < -0.3 is 4.74 Å². The monoisotopic (exact) mass is 397 g/mol. The summed E-state index contributed by atoms with van der Waals surface area (Å²) in [5, 5.41) is 0. The number of halogens is 1.